The number of carboxylic acids is 1. The zero-order valence-electron chi connectivity index (χ0n) is 8.82. The second kappa shape index (κ2) is 5.14. The lowest BCUT2D eigenvalue weighted by Gasteiger charge is -2.09. The van der Waals surface area contributed by atoms with Crippen molar-refractivity contribution in [3.05, 3.63) is 33.4 Å². The predicted octanol–water partition coefficient (Wildman–Crippen LogP) is 1.90. The lowest BCUT2D eigenvalue weighted by molar-refractivity contribution is -0.139. The van der Waals surface area contributed by atoms with Gasteiger partial charge in [-0.15, -0.1) is 0 Å². The Balaban J connectivity index is 1.97. The van der Waals surface area contributed by atoms with Gasteiger partial charge < -0.3 is 10.4 Å². The topological polar surface area (TPSA) is 49.3 Å². The van der Waals surface area contributed by atoms with E-state index in [2.05, 4.69) is 40.0 Å². The Kier molecular flexibility index (Phi) is 3.81. The highest BCUT2D eigenvalue weighted by molar-refractivity contribution is 14.1. The normalized spacial score (nSPS) is 24.6. The summed E-state index contributed by atoms with van der Waals surface area (Å²) < 4.78 is 1.26. The molecule has 1 unspecified atom stereocenters. The maximum absolute atomic E-state index is 10.8. The van der Waals surface area contributed by atoms with E-state index >= 15 is 0 Å². The van der Waals surface area contributed by atoms with Crippen LogP contribution in [-0.4, -0.2) is 23.7 Å². The summed E-state index contributed by atoms with van der Waals surface area (Å²) in [6.07, 6.45) is 1.70. The second-order valence-corrected chi connectivity index (χ2v) is 5.36. The summed E-state index contributed by atoms with van der Waals surface area (Å²) in [5.74, 6) is -0.290. The van der Waals surface area contributed by atoms with E-state index < -0.39 is 5.97 Å². The number of hydrogen-bond donors (Lipinski definition) is 2. The van der Waals surface area contributed by atoms with Crippen LogP contribution in [0.2, 0.25) is 0 Å². The minimum absolute atomic E-state index is 0.355. The quantitative estimate of drug-likeness (QED) is 0.832. The molecule has 16 heavy (non-hydrogen) atoms. The first kappa shape index (κ1) is 11.9. The summed E-state index contributed by atoms with van der Waals surface area (Å²) in [5, 5.41) is 11.9. The summed E-state index contributed by atoms with van der Waals surface area (Å²) in [6, 6.07) is 7.92. The van der Waals surface area contributed by atoms with Crippen LogP contribution in [0.25, 0.3) is 0 Å². The summed E-state index contributed by atoms with van der Waals surface area (Å²) >= 11 is 2.33. The van der Waals surface area contributed by atoms with E-state index in [0.29, 0.717) is 5.92 Å². The van der Waals surface area contributed by atoms with Crippen molar-refractivity contribution in [2.45, 2.75) is 18.9 Å². The molecule has 1 heterocycles. The molecular weight excluding hydrogens is 317 g/mol. The van der Waals surface area contributed by atoms with Crippen molar-refractivity contribution in [1.29, 1.82) is 0 Å². The van der Waals surface area contributed by atoms with Crippen LogP contribution in [0.1, 0.15) is 12.0 Å². The van der Waals surface area contributed by atoms with E-state index in [9.17, 15) is 4.79 Å². The molecule has 0 aliphatic carbocycles. The molecule has 0 saturated carbocycles. The molecule has 1 fully saturated rings. The maximum atomic E-state index is 10.8. The molecule has 1 aliphatic rings. The Morgan fingerprint density at radius 3 is 2.88 bits per heavy atom. The Hall–Kier alpha value is -0.620. The van der Waals surface area contributed by atoms with Crippen molar-refractivity contribution in [3.8, 4) is 0 Å². The van der Waals surface area contributed by atoms with Crippen molar-refractivity contribution < 1.29 is 9.90 Å². The zero-order chi connectivity index (χ0) is 11.5. The predicted molar refractivity (Wildman–Crippen MR) is 70.4 cm³/mol. The molecule has 0 bridgehead atoms. The molecule has 0 aromatic heterocycles. The summed E-state index contributed by atoms with van der Waals surface area (Å²) in [5.41, 5.74) is 1.32. The van der Waals surface area contributed by atoms with Gasteiger partial charge in [-0.25, -0.2) is 0 Å². The lowest BCUT2D eigenvalue weighted by Crippen LogP contribution is -2.29. The molecule has 0 radical (unpaired) electrons. The molecule has 2 N–H and O–H groups in total. The number of benzene rings is 1. The van der Waals surface area contributed by atoms with Crippen LogP contribution in [-0.2, 0) is 11.2 Å². The third kappa shape index (κ3) is 2.74. The molecule has 3 nitrogen and oxygen atoms in total. The Labute approximate surface area is 108 Å². The summed E-state index contributed by atoms with van der Waals surface area (Å²) in [7, 11) is 0. The van der Waals surface area contributed by atoms with E-state index in [1.165, 1.54) is 9.13 Å². The van der Waals surface area contributed by atoms with Gasteiger partial charge in [0.15, 0.2) is 0 Å². The molecule has 0 spiro atoms. The smallest absolute Gasteiger partial charge is 0.320 e. The first-order valence-electron chi connectivity index (χ1n) is 5.36. The highest BCUT2D eigenvalue weighted by Gasteiger charge is 2.29. The zero-order valence-corrected chi connectivity index (χ0v) is 11.0. The fourth-order valence-electron chi connectivity index (χ4n) is 2.13. The van der Waals surface area contributed by atoms with Crippen LogP contribution in [0, 0.1) is 9.49 Å². The van der Waals surface area contributed by atoms with Crippen molar-refractivity contribution in [1.82, 2.24) is 5.32 Å². The molecule has 1 aliphatic heterocycles. The number of nitrogens with one attached hydrogen (secondary N) is 1. The van der Waals surface area contributed by atoms with E-state index in [1.807, 2.05) is 12.1 Å². The van der Waals surface area contributed by atoms with Gasteiger partial charge in [0.2, 0.25) is 0 Å². The monoisotopic (exact) mass is 331 g/mol. The Bertz CT molecular complexity index is 394. The van der Waals surface area contributed by atoms with Crippen molar-refractivity contribution in [2.75, 3.05) is 6.54 Å². The highest BCUT2D eigenvalue weighted by atomic mass is 127. The molecule has 1 aromatic carbocycles. The number of rotatable bonds is 3. The Morgan fingerprint density at radius 1 is 1.50 bits per heavy atom. The standard InChI is InChI=1S/C12H14INO2/c13-10-4-2-1-3-9(10)5-8-6-11(12(15)16)14-7-8/h1-4,8,11,14H,5-7H2,(H,15,16)/t8?,11-/m0/s1. The van der Waals surface area contributed by atoms with Crippen molar-refractivity contribution >= 4 is 28.6 Å². The molecular formula is C12H14INO2. The van der Waals surface area contributed by atoms with Crippen LogP contribution in [0.5, 0.6) is 0 Å². The third-order valence-corrected chi connectivity index (χ3v) is 4.04. The van der Waals surface area contributed by atoms with E-state index in [4.69, 9.17) is 5.11 Å². The molecule has 4 heteroatoms. The third-order valence-electron chi connectivity index (χ3n) is 2.99. The minimum Gasteiger partial charge on any atom is -0.480 e. The van der Waals surface area contributed by atoms with E-state index in [1.54, 1.807) is 0 Å². The molecule has 1 aromatic rings. The fourth-order valence-corrected chi connectivity index (χ4v) is 2.74. The van der Waals surface area contributed by atoms with Gasteiger partial charge in [-0.05, 0) is 59.5 Å². The van der Waals surface area contributed by atoms with Gasteiger partial charge in [0.1, 0.15) is 6.04 Å². The summed E-state index contributed by atoms with van der Waals surface area (Å²) in [4.78, 5) is 10.8. The molecule has 0 amide bonds. The van der Waals surface area contributed by atoms with Gasteiger partial charge in [-0.3, -0.25) is 4.79 Å². The van der Waals surface area contributed by atoms with Gasteiger partial charge in [0, 0.05) is 3.57 Å². The molecule has 2 rings (SSSR count). The highest BCUT2D eigenvalue weighted by Crippen LogP contribution is 2.22. The van der Waals surface area contributed by atoms with Crippen LogP contribution >= 0.6 is 22.6 Å². The second-order valence-electron chi connectivity index (χ2n) is 4.20. The Morgan fingerprint density at radius 2 is 2.25 bits per heavy atom. The van der Waals surface area contributed by atoms with Gasteiger partial charge >= 0.3 is 5.97 Å². The number of aliphatic carboxylic acids is 1. The largest absolute Gasteiger partial charge is 0.480 e. The van der Waals surface area contributed by atoms with Crippen LogP contribution < -0.4 is 5.32 Å². The van der Waals surface area contributed by atoms with E-state index in [-0.39, 0.29) is 6.04 Å². The number of carboxylic acid groups (broad SMARTS) is 1. The van der Waals surface area contributed by atoms with Gasteiger partial charge in [-0.2, -0.15) is 0 Å². The maximum Gasteiger partial charge on any atom is 0.320 e. The summed E-state index contributed by atoms with van der Waals surface area (Å²) in [6.45, 7) is 0.807. The van der Waals surface area contributed by atoms with Gasteiger partial charge in [0.25, 0.3) is 0 Å². The van der Waals surface area contributed by atoms with Crippen LogP contribution in [0.3, 0.4) is 0 Å². The SMILES string of the molecule is O=C(O)[C@@H]1CC(Cc2ccccc2I)CN1. The fraction of sp³-hybridized carbons (Fsp3) is 0.417. The minimum atomic E-state index is -0.731. The molecule has 2 atom stereocenters. The van der Waals surface area contributed by atoms with Gasteiger partial charge in [0.05, 0.1) is 0 Å². The lowest BCUT2D eigenvalue weighted by atomic mass is 9.97. The van der Waals surface area contributed by atoms with Crippen molar-refractivity contribution in [2.24, 2.45) is 5.92 Å². The molecule has 1 saturated heterocycles. The van der Waals surface area contributed by atoms with Crippen LogP contribution in [0.4, 0.5) is 0 Å². The number of halogens is 1. The van der Waals surface area contributed by atoms with Crippen LogP contribution in [0.15, 0.2) is 24.3 Å². The van der Waals surface area contributed by atoms with Gasteiger partial charge in [-0.1, -0.05) is 18.2 Å². The number of hydrogen-bond acceptors (Lipinski definition) is 2. The van der Waals surface area contributed by atoms with E-state index in [0.717, 1.165) is 19.4 Å². The first-order valence-corrected chi connectivity index (χ1v) is 6.44. The number of carbonyl (C=O) groups is 1. The first-order chi connectivity index (χ1) is 7.66. The average Bonchev–Trinajstić information content (AvgIpc) is 2.70. The molecule has 86 valence electrons. The average molecular weight is 331 g/mol. The van der Waals surface area contributed by atoms with Crippen molar-refractivity contribution in [3.63, 3.8) is 0 Å².